The molecule has 0 radical (unpaired) electrons. The van der Waals surface area contributed by atoms with E-state index in [1.807, 2.05) is 31.2 Å². The second-order valence-corrected chi connectivity index (χ2v) is 10.0. The summed E-state index contributed by atoms with van der Waals surface area (Å²) >= 11 is 0. The van der Waals surface area contributed by atoms with Crippen LogP contribution in [0.3, 0.4) is 0 Å². The van der Waals surface area contributed by atoms with Crippen molar-refractivity contribution in [3.63, 3.8) is 0 Å². The molecule has 11 heteroatoms. The van der Waals surface area contributed by atoms with Gasteiger partial charge in [-0.15, -0.1) is 10.2 Å². The van der Waals surface area contributed by atoms with Gasteiger partial charge in [-0.25, -0.2) is 0 Å². The predicted molar refractivity (Wildman–Crippen MR) is 139 cm³/mol. The van der Waals surface area contributed by atoms with E-state index in [0.29, 0.717) is 18.1 Å². The van der Waals surface area contributed by atoms with Crippen LogP contribution in [0.4, 0.5) is 0 Å². The smallest absolute Gasteiger partial charge is 0.246 e. The summed E-state index contributed by atoms with van der Waals surface area (Å²) in [6.45, 7) is 5.51. The van der Waals surface area contributed by atoms with Gasteiger partial charge in [-0.1, -0.05) is 30.3 Å². The minimum absolute atomic E-state index is 0.00611. The molecule has 0 aliphatic carbocycles. The average Bonchev–Trinajstić information content (AvgIpc) is 3.70. The molecule has 5 rings (SSSR count). The molecule has 3 aromatic rings. The van der Waals surface area contributed by atoms with Gasteiger partial charge in [0.05, 0.1) is 12.6 Å². The predicted octanol–water partition coefficient (Wildman–Crippen LogP) is 2.03. The Morgan fingerprint density at radius 3 is 2.63 bits per heavy atom. The van der Waals surface area contributed by atoms with Crippen LogP contribution in [-0.4, -0.2) is 86.8 Å². The van der Waals surface area contributed by atoms with Crippen LogP contribution in [0.5, 0.6) is 0 Å². The van der Waals surface area contributed by atoms with Crippen LogP contribution < -0.4 is 5.32 Å². The van der Waals surface area contributed by atoms with Crippen molar-refractivity contribution in [1.82, 2.24) is 35.3 Å². The van der Waals surface area contributed by atoms with Crippen molar-refractivity contribution in [2.24, 2.45) is 0 Å². The minimum atomic E-state index is -0.210. The standard InChI is InChI=1S/C27H35N7O4/c1-20-9-10-24(38-20)27-29-31-34(30-27)19-26(36)33(18-25(35)28-16-23-8-5-15-37-23)22-11-13-32(14-12-22)17-21-6-3-2-4-7-21/h2-4,6-7,9-10,22-23H,5,8,11-19H2,1H3,(H,28,35)/t23-/m0/s1. The van der Waals surface area contributed by atoms with Gasteiger partial charge < -0.3 is 19.4 Å². The number of nitrogens with zero attached hydrogens (tertiary/aromatic N) is 6. The minimum Gasteiger partial charge on any atom is -0.458 e. The molecule has 1 N–H and O–H groups in total. The first-order valence-corrected chi connectivity index (χ1v) is 13.3. The van der Waals surface area contributed by atoms with Gasteiger partial charge in [-0.2, -0.15) is 4.80 Å². The summed E-state index contributed by atoms with van der Waals surface area (Å²) in [5, 5.41) is 15.3. The Hall–Kier alpha value is -3.57. The van der Waals surface area contributed by atoms with Gasteiger partial charge in [0.25, 0.3) is 0 Å². The number of ether oxygens (including phenoxy) is 1. The lowest BCUT2D eigenvalue weighted by Crippen LogP contribution is -2.52. The van der Waals surface area contributed by atoms with Gasteiger partial charge in [0.15, 0.2) is 5.76 Å². The third-order valence-corrected chi connectivity index (χ3v) is 7.12. The number of carbonyl (C=O) groups is 2. The molecular formula is C27H35N7O4. The third-order valence-electron chi connectivity index (χ3n) is 7.12. The van der Waals surface area contributed by atoms with Crippen molar-refractivity contribution < 1.29 is 18.7 Å². The molecule has 4 heterocycles. The molecule has 202 valence electrons. The van der Waals surface area contributed by atoms with Gasteiger partial charge in [0.1, 0.15) is 12.3 Å². The maximum atomic E-state index is 13.5. The quantitative estimate of drug-likeness (QED) is 0.431. The number of piperidine rings is 1. The topological polar surface area (TPSA) is 119 Å². The monoisotopic (exact) mass is 521 g/mol. The Kier molecular flexibility index (Phi) is 8.44. The van der Waals surface area contributed by atoms with Crippen LogP contribution in [0, 0.1) is 6.92 Å². The fourth-order valence-electron chi connectivity index (χ4n) is 5.07. The number of likely N-dealkylation sites (tertiary alicyclic amines) is 1. The second kappa shape index (κ2) is 12.3. The molecule has 1 aromatic carbocycles. The lowest BCUT2D eigenvalue weighted by Gasteiger charge is -2.38. The molecule has 2 amide bonds. The van der Waals surface area contributed by atoms with Crippen LogP contribution in [0.25, 0.3) is 11.6 Å². The van der Waals surface area contributed by atoms with Crippen molar-refractivity contribution >= 4 is 11.8 Å². The molecule has 1 atom stereocenters. The maximum Gasteiger partial charge on any atom is 0.246 e. The molecule has 38 heavy (non-hydrogen) atoms. The highest BCUT2D eigenvalue weighted by molar-refractivity contribution is 5.85. The van der Waals surface area contributed by atoms with Gasteiger partial charge in [-0.3, -0.25) is 14.5 Å². The highest BCUT2D eigenvalue weighted by atomic mass is 16.5. The fourth-order valence-corrected chi connectivity index (χ4v) is 5.07. The Morgan fingerprint density at radius 1 is 1.11 bits per heavy atom. The number of hydrogen-bond donors (Lipinski definition) is 1. The SMILES string of the molecule is Cc1ccc(-c2nnn(CC(=O)N(CC(=O)NC[C@@H]3CCCO3)C3CCN(Cc4ccccc4)CC3)n2)o1. The summed E-state index contributed by atoms with van der Waals surface area (Å²) in [6.07, 6.45) is 3.58. The van der Waals surface area contributed by atoms with Crippen molar-refractivity contribution in [3.05, 3.63) is 53.8 Å². The van der Waals surface area contributed by atoms with Crippen LogP contribution >= 0.6 is 0 Å². The summed E-state index contributed by atoms with van der Waals surface area (Å²) < 4.78 is 11.2. The number of furan rings is 1. The molecule has 0 bridgehead atoms. The molecule has 0 spiro atoms. The Morgan fingerprint density at radius 2 is 1.92 bits per heavy atom. The van der Waals surface area contributed by atoms with Gasteiger partial charge >= 0.3 is 0 Å². The molecule has 2 aromatic heterocycles. The van der Waals surface area contributed by atoms with E-state index in [1.165, 1.54) is 10.4 Å². The van der Waals surface area contributed by atoms with Gasteiger partial charge in [0.2, 0.25) is 17.6 Å². The molecule has 2 saturated heterocycles. The number of nitrogens with one attached hydrogen (secondary N) is 1. The van der Waals surface area contributed by atoms with Gasteiger partial charge in [-0.05, 0) is 55.5 Å². The molecule has 2 aliphatic rings. The zero-order valence-electron chi connectivity index (χ0n) is 21.8. The van der Waals surface area contributed by atoms with Crippen LogP contribution in [0.1, 0.15) is 37.0 Å². The van der Waals surface area contributed by atoms with E-state index in [0.717, 1.165) is 57.7 Å². The van der Waals surface area contributed by atoms with Crippen molar-refractivity contribution in [3.8, 4) is 11.6 Å². The third kappa shape index (κ3) is 6.84. The molecule has 11 nitrogen and oxygen atoms in total. The lowest BCUT2D eigenvalue weighted by atomic mass is 10.0. The Labute approximate surface area is 222 Å². The Balaban J connectivity index is 1.22. The number of amides is 2. The van der Waals surface area contributed by atoms with Crippen molar-refractivity contribution in [2.45, 2.75) is 57.8 Å². The molecule has 0 unspecified atom stereocenters. The molecule has 2 aliphatic heterocycles. The molecular weight excluding hydrogens is 486 g/mol. The zero-order chi connectivity index (χ0) is 26.3. The first-order chi connectivity index (χ1) is 18.5. The van der Waals surface area contributed by atoms with E-state index in [-0.39, 0.29) is 37.0 Å². The normalized spacial score (nSPS) is 18.5. The van der Waals surface area contributed by atoms with E-state index in [2.05, 4.69) is 37.8 Å². The summed E-state index contributed by atoms with van der Waals surface area (Å²) in [7, 11) is 0. The maximum absolute atomic E-state index is 13.5. The number of carbonyl (C=O) groups excluding carboxylic acids is 2. The summed E-state index contributed by atoms with van der Waals surface area (Å²) in [6, 6.07) is 13.9. The Bertz CT molecular complexity index is 1200. The van der Waals surface area contributed by atoms with E-state index in [4.69, 9.17) is 9.15 Å². The van der Waals surface area contributed by atoms with Crippen LogP contribution in [-0.2, 0) is 27.4 Å². The fraction of sp³-hybridized carbons (Fsp3) is 0.519. The largest absolute Gasteiger partial charge is 0.458 e. The highest BCUT2D eigenvalue weighted by Crippen LogP contribution is 2.20. The number of benzene rings is 1. The van der Waals surface area contributed by atoms with Crippen LogP contribution in [0.2, 0.25) is 0 Å². The van der Waals surface area contributed by atoms with E-state index in [9.17, 15) is 9.59 Å². The first-order valence-electron chi connectivity index (χ1n) is 13.3. The number of aryl methyl sites for hydroxylation is 1. The number of aromatic nitrogens is 4. The first kappa shape index (κ1) is 26.1. The molecule has 0 saturated carbocycles. The number of tetrazole rings is 1. The molecule has 2 fully saturated rings. The van der Waals surface area contributed by atoms with Gasteiger partial charge in [0, 0.05) is 38.8 Å². The summed E-state index contributed by atoms with van der Waals surface area (Å²) in [4.78, 5) is 31.7. The number of rotatable bonds is 10. The average molecular weight is 522 g/mol. The van der Waals surface area contributed by atoms with Crippen molar-refractivity contribution in [2.75, 3.05) is 32.8 Å². The van der Waals surface area contributed by atoms with Crippen LogP contribution in [0.15, 0.2) is 46.9 Å². The summed E-state index contributed by atoms with van der Waals surface area (Å²) in [5.41, 5.74) is 1.27. The van der Waals surface area contributed by atoms with E-state index in [1.54, 1.807) is 11.0 Å². The lowest BCUT2D eigenvalue weighted by molar-refractivity contribution is -0.140. The number of hydrogen-bond acceptors (Lipinski definition) is 8. The van der Waals surface area contributed by atoms with E-state index < -0.39 is 0 Å². The van der Waals surface area contributed by atoms with Crippen molar-refractivity contribution in [1.29, 1.82) is 0 Å². The second-order valence-electron chi connectivity index (χ2n) is 10.0. The highest BCUT2D eigenvalue weighted by Gasteiger charge is 2.30. The van der Waals surface area contributed by atoms with E-state index >= 15 is 0 Å². The zero-order valence-corrected chi connectivity index (χ0v) is 21.8. The summed E-state index contributed by atoms with van der Waals surface area (Å²) in [5.74, 6) is 1.17.